The van der Waals surface area contributed by atoms with Crippen LogP contribution in [0.5, 0.6) is 0 Å². The molecule has 0 radical (unpaired) electrons. The molecular formula is C17H27N3O. The summed E-state index contributed by atoms with van der Waals surface area (Å²) in [6, 6.07) is 10.8. The maximum atomic E-state index is 6.12. The lowest BCUT2D eigenvalue weighted by Gasteiger charge is -2.49. The Balaban J connectivity index is 1.54. The van der Waals surface area contributed by atoms with E-state index in [4.69, 9.17) is 10.5 Å². The van der Waals surface area contributed by atoms with Crippen LogP contribution in [-0.4, -0.2) is 61.3 Å². The molecule has 116 valence electrons. The van der Waals surface area contributed by atoms with Gasteiger partial charge in [-0.15, -0.1) is 0 Å². The van der Waals surface area contributed by atoms with Crippen LogP contribution in [0.3, 0.4) is 0 Å². The average molecular weight is 289 g/mol. The fourth-order valence-corrected chi connectivity index (χ4v) is 3.62. The van der Waals surface area contributed by atoms with Gasteiger partial charge in [0.2, 0.25) is 0 Å². The molecule has 21 heavy (non-hydrogen) atoms. The normalized spacial score (nSPS) is 24.0. The average Bonchev–Trinajstić information content (AvgIpc) is 2.57. The maximum Gasteiger partial charge on any atom is 0.0484 e. The van der Waals surface area contributed by atoms with Gasteiger partial charge >= 0.3 is 0 Å². The molecule has 1 aromatic rings. The van der Waals surface area contributed by atoms with Gasteiger partial charge in [0.15, 0.2) is 0 Å². The predicted molar refractivity (Wildman–Crippen MR) is 85.1 cm³/mol. The zero-order chi connectivity index (χ0) is 14.5. The van der Waals surface area contributed by atoms with E-state index in [-0.39, 0.29) is 5.54 Å². The summed E-state index contributed by atoms with van der Waals surface area (Å²) < 4.78 is 5.52. The number of hydrogen-bond acceptors (Lipinski definition) is 4. The Kier molecular flexibility index (Phi) is 4.91. The van der Waals surface area contributed by atoms with E-state index in [1.54, 1.807) is 0 Å². The first-order chi connectivity index (χ1) is 10.3. The molecule has 0 spiro atoms. The highest BCUT2D eigenvalue weighted by Gasteiger charge is 2.38. The van der Waals surface area contributed by atoms with Crippen LogP contribution in [-0.2, 0) is 11.3 Å². The van der Waals surface area contributed by atoms with Gasteiger partial charge in [0.1, 0.15) is 0 Å². The molecule has 0 bridgehead atoms. The van der Waals surface area contributed by atoms with E-state index in [2.05, 4.69) is 40.1 Å². The van der Waals surface area contributed by atoms with Gasteiger partial charge in [0.25, 0.3) is 0 Å². The fraction of sp³-hybridized carbons (Fsp3) is 0.647. The molecule has 2 aliphatic rings. The van der Waals surface area contributed by atoms with Crippen LogP contribution in [0.2, 0.25) is 0 Å². The summed E-state index contributed by atoms with van der Waals surface area (Å²) in [7, 11) is 0. The Labute approximate surface area is 127 Å². The molecule has 2 N–H and O–H groups in total. The summed E-state index contributed by atoms with van der Waals surface area (Å²) in [5.74, 6) is 0. The molecule has 3 rings (SSSR count). The Morgan fingerprint density at radius 3 is 2.29 bits per heavy atom. The molecule has 2 heterocycles. The molecule has 0 atom stereocenters. The molecule has 2 fully saturated rings. The lowest BCUT2D eigenvalue weighted by Crippen LogP contribution is -2.61. The molecule has 2 aliphatic heterocycles. The number of rotatable bonds is 4. The Bertz CT molecular complexity index is 423. The van der Waals surface area contributed by atoms with Crippen molar-refractivity contribution in [3.8, 4) is 0 Å². The van der Waals surface area contributed by atoms with Crippen LogP contribution >= 0.6 is 0 Å². The number of ether oxygens (including phenoxy) is 1. The number of hydrogen-bond donors (Lipinski definition) is 1. The topological polar surface area (TPSA) is 41.7 Å². The molecule has 2 saturated heterocycles. The third-order valence-electron chi connectivity index (χ3n) is 5.10. The van der Waals surface area contributed by atoms with Crippen molar-refractivity contribution in [3.05, 3.63) is 35.9 Å². The number of nitrogens with zero attached hydrogens (tertiary/aromatic N) is 2. The largest absolute Gasteiger partial charge is 0.381 e. The van der Waals surface area contributed by atoms with Crippen LogP contribution in [0.25, 0.3) is 0 Å². The van der Waals surface area contributed by atoms with Crippen molar-refractivity contribution in [2.75, 3.05) is 45.9 Å². The number of piperazine rings is 1. The second-order valence-electron chi connectivity index (χ2n) is 6.29. The zero-order valence-corrected chi connectivity index (χ0v) is 12.8. The third-order valence-corrected chi connectivity index (χ3v) is 5.10. The first-order valence-corrected chi connectivity index (χ1v) is 8.12. The van der Waals surface area contributed by atoms with E-state index in [9.17, 15) is 0 Å². The molecule has 0 saturated carbocycles. The van der Waals surface area contributed by atoms with E-state index >= 15 is 0 Å². The van der Waals surface area contributed by atoms with Crippen molar-refractivity contribution in [1.29, 1.82) is 0 Å². The van der Waals surface area contributed by atoms with Crippen LogP contribution in [0.1, 0.15) is 18.4 Å². The summed E-state index contributed by atoms with van der Waals surface area (Å²) in [6.45, 7) is 8.08. The highest BCUT2D eigenvalue weighted by atomic mass is 16.5. The van der Waals surface area contributed by atoms with E-state index in [0.29, 0.717) is 0 Å². The second-order valence-corrected chi connectivity index (χ2v) is 6.29. The van der Waals surface area contributed by atoms with Gasteiger partial charge in [-0.1, -0.05) is 30.3 Å². The molecule has 0 aliphatic carbocycles. The molecular weight excluding hydrogens is 262 g/mol. The maximum absolute atomic E-state index is 6.12. The van der Waals surface area contributed by atoms with Gasteiger partial charge in [0.05, 0.1) is 0 Å². The smallest absolute Gasteiger partial charge is 0.0484 e. The van der Waals surface area contributed by atoms with Crippen LogP contribution in [0.4, 0.5) is 0 Å². The lowest BCUT2D eigenvalue weighted by molar-refractivity contribution is -0.0434. The first kappa shape index (κ1) is 15.0. The van der Waals surface area contributed by atoms with E-state index < -0.39 is 0 Å². The first-order valence-electron chi connectivity index (χ1n) is 8.12. The SMILES string of the molecule is NCC1(N2CCN(Cc3ccccc3)CC2)CCOCC1. The minimum absolute atomic E-state index is 0.192. The van der Waals surface area contributed by atoms with Crippen molar-refractivity contribution in [1.82, 2.24) is 9.80 Å². The van der Waals surface area contributed by atoms with Gasteiger partial charge in [-0.25, -0.2) is 0 Å². The molecule has 4 heteroatoms. The van der Waals surface area contributed by atoms with E-state index in [1.165, 1.54) is 5.56 Å². The highest BCUT2D eigenvalue weighted by Crippen LogP contribution is 2.28. The Morgan fingerprint density at radius 2 is 1.67 bits per heavy atom. The summed E-state index contributed by atoms with van der Waals surface area (Å²) in [5.41, 5.74) is 7.72. The minimum atomic E-state index is 0.192. The minimum Gasteiger partial charge on any atom is -0.381 e. The van der Waals surface area contributed by atoms with Crippen LogP contribution in [0.15, 0.2) is 30.3 Å². The second kappa shape index (κ2) is 6.88. The van der Waals surface area contributed by atoms with Crippen LogP contribution in [0, 0.1) is 0 Å². The fourth-order valence-electron chi connectivity index (χ4n) is 3.62. The quantitative estimate of drug-likeness (QED) is 0.907. The van der Waals surface area contributed by atoms with Gasteiger partial charge in [-0.2, -0.15) is 0 Å². The molecule has 4 nitrogen and oxygen atoms in total. The van der Waals surface area contributed by atoms with Gasteiger partial charge in [0, 0.05) is 58.0 Å². The monoisotopic (exact) mass is 289 g/mol. The van der Waals surface area contributed by atoms with Gasteiger partial charge in [-0.3, -0.25) is 9.80 Å². The van der Waals surface area contributed by atoms with Crippen molar-refractivity contribution >= 4 is 0 Å². The summed E-state index contributed by atoms with van der Waals surface area (Å²) in [6.07, 6.45) is 2.17. The zero-order valence-electron chi connectivity index (χ0n) is 12.8. The van der Waals surface area contributed by atoms with Gasteiger partial charge < -0.3 is 10.5 Å². The summed E-state index contributed by atoms with van der Waals surface area (Å²) >= 11 is 0. The molecule has 0 aromatic heterocycles. The molecule has 1 aromatic carbocycles. The van der Waals surface area contributed by atoms with Crippen LogP contribution < -0.4 is 5.73 Å². The van der Waals surface area contributed by atoms with Crippen molar-refractivity contribution in [2.24, 2.45) is 5.73 Å². The van der Waals surface area contributed by atoms with Crippen molar-refractivity contribution in [3.63, 3.8) is 0 Å². The standard InChI is InChI=1S/C17H27N3O/c18-15-17(6-12-21-13-7-17)20-10-8-19(9-11-20)14-16-4-2-1-3-5-16/h1-5H,6-15,18H2. The molecule has 0 amide bonds. The summed E-state index contributed by atoms with van der Waals surface area (Å²) in [5, 5.41) is 0. The number of benzene rings is 1. The summed E-state index contributed by atoms with van der Waals surface area (Å²) in [4.78, 5) is 5.17. The third kappa shape index (κ3) is 3.46. The van der Waals surface area contributed by atoms with Crippen molar-refractivity contribution < 1.29 is 4.74 Å². The molecule has 0 unspecified atom stereocenters. The van der Waals surface area contributed by atoms with E-state index in [0.717, 1.165) is 65.3 Å². The Morgan fingerprint density at radius 1 is 1.00 bits per heavy atom. The lowest BCUT2D eigenvalue weighted by atomic mass is 9.87. The number of nitrogens with two attached hydrogens (primary N) is 1. The Hall–Kier alpha value is -0.940. The van der Waals surface area contributed by atoms with Gasteiger partial charge in [-0.05, 0) is 18.4 Å². The highest BCUT2D eigenvalue weighted by molar-refractivity contribution is 5.14. The van der Waals surface area contributed by atoms with E-state index in [1.807, 2.05) is 0 Å². The van der Waals surface area contributed by atoms with Crippen molar-refractivity contribution in [2.45, 2.75) is 24.9 Å². The predicted octanol–water partition coefficient (Wildman–Crippen LogP) is 1.31.